The highest BCUT2D eigenvalue weighted by atomic mass is 79.9. The van der Waals surface area contributed by atoms with Gasteiger partial charge in [-0.05, 0) is 18.2 Å². The Morgan fingerprint density at radius 1 is 1.37 bits per heavy atom. The summed E-state index contributed by atoms with van der Waals surface area (Å²) in [5.41, 5.74) is 0.0228. The van der Waals surface area contributed by atoms with Crippen LogP contribution in [0.25, 0.3) is 0 Å². The predicted molar refractivity (Wildman–Crippen MR) is 69.8 cm³/mol. The molecule has 19 heavy (non-hydrogen) atoms. The van der Waals surface area contributed by atoms with Crippen molar-refractivity contribution < 1.29 is 19.4 Å². The SMILES string of the molecule is COc1ccnc(Oc2cc(Br)ccc2C(=O)O)n1. The number of hydrogen-bond acceptors (Lipinski definition) is 5. The second-order valence-electron chi connectivity index (χ2n) is 3.43. The fraction of sp³-hybridized carbons (Fsp3) is 0.0833. The second kappa shape index (κ2) is 5.66. The Morgan fingerprint density at radius 3 is 2.84 bits per heavy atom. The highest BCUT2D eigenvalue weighted by Gasteiger charge is 2.13. The van der Waals surface area contributed by atoms with Gasteiger partial charge in [-0.15, -0.1) is 0 Å². The van der Waals surface area contributed by atoms with Crippen molar-refractivity contribution in [3.8, 4) is 17.6 Å². The Morgan fingerprint density at radius 2 is 2.16 bits per heavy atom. The normalized spacial score (nSPS) is 10.0. The van der Waals surface area contributed by atoms with Crippen LogP contribution in [0.1, 0.15) is 10.4 Å². The zero-order chi connectivity index (χ0) is 13.8. The molecule has 1 heterocycles. The molecule has 7 heteroatoms. The Hall–Kier alpha value is -2.15. The highest BCUT2D eigenvalue weighted by Crippen LogP contribution is 2.27. The summed E-state index contributed by atoms with van der Waals surface area (Å²) in [4.78, 5) is 18.9. The molecule has 1 N–H and O–H groups in total. The quantitative estimate of drug-likeness (QED) is 0.931. The Bertz CT molecular complexity index is 618. The lowest BCUT2D eigenvalue weighted by atomic mass is 10.2. The first kappa shape index (κ1) is 13.3. The van der Waals surface area contributed by atoms with Gasteiger partial charge in [0.15, 0.2) is 0 Å². The minimum atomic E-state index is -1.09. The van der Waals surface area contributed by atoms with Gasteiger partial charge < -0.3 is 14.6 Å². The van der Waals surface area contributed by atoms with Crippen LogP contribution in [0, 0.1) is 0 Å². The van der Waals surface area contributed by atoms with Crippen molar-refractivity contribution in [1.82, 2.24) is 9.97 Å². The van der Waals surface area contributed by atoms with Crippen LogP contribution >= 0.6 is 15.9 Å². The zero-order valence-electron chi connectivity index (χ0n) is 9.83. The smallest absolute Gasteiger partial charge is 0.339 e. The van der Waals surface area contributed by atoms with E-state index in [0.29, 0.717) is 10.4 Å². The summed E-state index contributed by atoms with van der Waals surface area (Å²) in [6.45, 7) is 0. The van der Waals surface area contributed by atoms with Crippen LogP contribution in [0.15, 0.2) is 34.9 Å². The van der Waals surface area contributed by atoms with Crippen molar-refractivity contribution >= 4 is 21.9 Å². The number of carboxylic acid groups (broad SMARTS) is 1. The van der Waals surface area contributed by atoms with Gasteiger partial charge in [-0.25, -0.2) is 9.78 Å². The number of ether oxygens (including phenoxy) is 2. The Kier molecular flexibility index (Phi) is 3.96. The summed E-state index contributed by atoms with van der Waals surface area (Å²) < 4.78 is 11.0. The summed E-state index contributed by atoms with van der Waals surface area (Å²) >= 11 is 3.25. The maximum atomic E-state index is 11.1. The van der Waals surface area contributed by atoms with Gasteiger partial charge in [0.05, 0.1) is 7.11 Å². The number of carbonyl (C=O) groups is 1. The number of rotatable bonds is 4. The van der Waals surface area contributed by atoms with Crippen molar-refractivity contribution in [2.24, 2.45) is 0 Å². The van der Waals surface area contributed by atoms with Crippen LogP contribution in [0.4, 0.5) is 0 Å². The third-order valence-electron chi connectivity index (χ3n) is 2.19. The third kappa shape index (κ3) is 3.19. The standard InChI is InChI=1S/C12H9BrN2O4/c1-18-10-4-5-14-12(15-10)19-9-6-7(13)2-3-8(9)11(16)17/h2-6H,1H3,(H,16,17). The van der Waals surface area contributed by atoms with E-state index in [9.17, 15) is 4.79 Å². The molecule has 0 atom stereocenters. The molecule has 0 bridgehead atoms. The van der Waals surface area contributed by atoms with Crippen molar-refractivity contribution in [3.63, 3.8) is 0 Å². The molecule has 2 aromatic rings. The average Bonchev–Trinajstić information content (AvgIpc) is 2.38. The molecule has 0 unspecified atom stereocenters. The summed E-state index contributed by atoms with van der Waals surface area (Å²) in [5, 5.41) is 9.07. The molecule has 0 radical (unpaired) electrons. The molecule has 0 aliphatic heterocycles. The Balaban J connectivity index is 2.36. The van der Waals surface area contributed by atoms with Crippen LogP contribution in [-0.2, 0) is 0 Å². The first-order valence-electron chi connectivity index (χ1n) is 5.18. The van der Waals surface area contributed by atoms with Gasteiger partial charge >= 0.3 is 12.0 Å². The monoisotopic (exact) mass is 324 g/mol. The number of aromatic nitrogens is 2. The molecule has 0 amide bonds. The van der Waals surface area contributed by atoms with E-state index in [-0.39, 0.29) is 17.3 Å². The number of benzene rings is 1. The minimum Gasteiger partial charge on any atom is -0.481 e. The number of aromatic carboxylic acids is 1. The number of carboxylic acids is 1. The van der Waals surface area contributed by atoms with E-state index in [0.717, 1.165) is 0 Å². The first-order valence-corrected chi connectivity index (χ1v) is 5.97. The minimum absolute atomic E-state index is 0.0138. The predicted octanol–water partition coefficient (Wildman–Crippen LogP) is 2.74. The van der Waals surface area contributed by atoms with Crippen molar-refractivity contribution in [2.45, 2.75) is 0 Å². The van der Waals surface area contributed by atoms with Crippen molar-refractivity contribution in [3.05, 3.63) is 40.5 Å². The topological polar surface area (TPSA) is 81.5 Å². The van der Waals surface area contributed by atoms with E-state index in [4.69, 9.17) is 14.6 Å². The molecule has 0 saturated heterocycles. The molecule has 98 valence electrons. The molecule has 1 aromatic carbocycles. The van der Waals surface area contributed by atoms with E-state index in [2.05, 4.69) is 25.9 Å². The Labute approximate surface area is 117 Å². The third-order valence-corrected chi connectivity index (χ3v) is 2.69. The van der Waals surface area contributed by atoms with Gasteiger partial charge in [0.25, 0.3) is 0 Å². The van der Waals surface area contributed by atoms with Gasteiger partial charge in [-0.2, -0.15) is 4.98 Å². The molecular formula is C12H9BrN2O4. The summed E-state index contributed by atoms with van der Waals surface area (Å²) in [6, 6.07) is 6.16. The summed E-state index contributed by atoms with van der Waals surface area (Å²) in [5.74, 6) is -0.614. The van der Waals surface area contributed by atoms with E-state index < -0.39 is 5.97 Å². The van der Waals surface area contributed by atoms with Crippen molar-refractivity contribution in [2.75, 3.05) is 7.11 Å². The van der Waals surface area contributed by atoms with Gasteiger partial charge in [-0.1, -0.05) is 15.9 Å². The maximum Gasteiger partial charge on any atom is 0.339 e. The van der Waals surface area contributed by atoms with E-state index in [1.54, 1.807) is 12.1 Å². The fourth-order valence-corrected chi connectivity index (χ4v) is 1.68. The summed E-state index contributed by atoms with van der Waals surface area (Å²) in [7, 11) is 1.47. The molecule has 1 aromatic heterocycles. The lowest BCUT2D eigenvalue weighted by molar-refractivity contribution is 0.0694. The number of methoxy groups -OCH3 is 1. The highest BCUT2D eigenvalue weighted by molar-refractivity contribution is 9.10. The molecule has 0 spiro atoms. The average molecular weight is 325 g/mol. The molecule has 0 aliphatic rings. The van der Waals surface area contributed by atoms with Gasteiger partial charge in [0, 0.05) is 16.7 Å². The zero-order valence-corrected chi connectivity index (χ0v) is 11.4. The van der Waals surface area contributed by atoms with Crippen LogP contribution in [0.5, 0.6) is 17.6 Å². The fourth-order valence-electron chi connectivity index (χ4n) is 1.34. The second-order valence-corrected chi connectivity index (χ2v) is 4.34. The number of hydrogen-bond donors (Lipinski definition) is 1. The van der Waals surface area contributed by atoms with Crippen LogP contribution in [0.3, 0.4) is 0 Å². The van der Waals surface area contributed by atoms with Crippen LogP contribution in [-0.4, -0.2) is 28.2 Å². The number of nitrogens with zero attached hydrogens (tertiary/aromatic N) is 2. The van der Waals surface area contributed by atoms with Gasteiger partial charge in [-0.3, -0.25) is 0 Å². The molecule has 0 fully saturated rings. The van der Waals surface area contributed by atoms with Crippen molar-refractivity contribution in [1.29, 1.82) is 0 Å². The van der Waals surface area contributed by atoms with Gasteiger partial charge in [0.1, 0.15) is 11.3 Å². The molecule has 6 nitrogen and oxygen atoms in total. The largest absolute Gasteiger partial charge is 0.481 e. The molecule has 0 aliphatic carbocycles. The number of halogens is 1. The maximum absolute atomic E-state index is 11.1. The van der Waals surface area contributed by atoms with Gasteiger partial charge in [0.2, 0.25) is 5.88 Å². The van der Waals surface area contributed by atoms with Crippen LogP contribution < -0.4 is 9.47 Å². The molecule has 0 saturated carbocycles. The van der Waals surface area contributed by atoms with E-state index >= 15 is 0 Å². The van der Waals surface area contributed by atoms with E-state index in [1.807, 2.05) is 0 Å². The molecule has 2 rings (SSSR count). The summed E-state index contributed by atoms with van der Waals surface area (Å²) in [6.07, 6.45) is 1.46. The first-order chi connectivity index (χ1) is 9.10. The van der Waals surface area contributed by atoms with E-state index in [1.165, 1.54) is 25.4 Å². The lowest BCUT2D eigenvalue weighted by Crippen LogP contribution is -2.01. The molecular weight excluding hydrogens is 316 g/mol. The lowest BCUT2D eigenvalue weighted by Gasteiger charge is -2.08. The van der Waals surface area contributed by atoms with Crippen LogP contribution in [0.2, 0.25) is 0 Å².